The molecule has 1 aromatic rings. The van der Waals surface area contributed by atoms with E-state index in [1.54, 1.807) is 7.11 Å². The molecule has 0 aromatic heterocycles. The quantitative estimate of drug-likeness (QED) is 0.415. The molecule has 0 bridgehead atoms. The fourth-order valence-corrected chi connectivity index (χ4v) is 2.70. The second-order valence-electron chi connectivity index (χ2n) is 4.84. The van der Waals surface area contributed by atoms with Crippen LogP contribution in [0.25, 0.3) is 0 Å². The molecule has 2 nitrogen and oxygen atoms in total. The lowest BCUT2D eigenvalue weighted by atomic mass is 10.1. The van der Waals surface area contributed by atoms with Gasteiger partial charge in [-0.05, 0) is 52.7 Å². The molecule has 1 rings (SSSR count). The Balaban J connectivity index is 2.06. The van der Waals surface area contributed by atoms with Gasteiger partial charge in [-0.3, -0.25) is 0 Å². The predicted octanol–water partition coefficient (Wildman–Crippen LogP) is 5.50. The lowest BCUT2D eigenvalue weighted by molar-refractivity contribution is 0.302. The number of unbranched alkanes of at least 4 members (excludes halogenated alkanes) is 6. The third-order valence-electron chi connectivity index (χ3n) is 3.20. The van der Waals surface area contributed by atoms with Crippen LogP contribution in [0.2, 0.25) is 0 Å². The molecule has 0 atom stereocenters. The van der Waals surface area contributed by atoms with Crippen molar-refractivity contribution in [3.63, 3.8) is 0 Å². The normalized spacial score (nSPS) is 10.6. The molecule has 0 N–H and O–H groups in total. The molecular weight excluding hydrogens is 336 g/mol. The maximum atomic E-state index is 5.77. The van der Waals surface area contributed by atoms with Crippen LogP contribution in [0, 0.1) is 0 Å². The minimum atomic E-state index is 0.779. The Bertz CT molecular complexity index is 371. The molecule has 0 heterocycles. The number of rotatable bonds is 11. The largest absolute Gasteiger partial charge is 0.497 e. The second kappa shape index (κ2) is 11.3. The van der Waals surface area contributed by atoms with Crippen molar-refractivity contribution in [1.29, 1.82) is 0 Å². The number of hydrogen-bond donors (Lipinski definition) is 1. The van der Waals surface area contributed by atoms with Crippen LogP contribution < -0.4 is 9.47 Å². The van der Waals surface area contributed by atoms with Gasteiger partial charge in [-0.15, -0.1) is 0 Å². The van der Waals surface area contributed by atoms with Gasteiger partial charge < -0.3 is 9.47 Å². The van der Waals surface area contributed by atoms with Gasteiger partial charge in [0.15, 0.2) is 0 Å². The van der Waals surface area contributed by atoms with Crippen LogP contribution in [0.15, 0.2) is 22.7 Å². The highest BCUT2D eigenvalue weighted by atomic mass is 79.9. The van der Waals surface area contributed by atoms with Gasteiger partial charge in [-0.2, -0.15) is 12.6 Å². The fraction of sp³-hybridized carbons (Fsp3) is 0.625. The minimum absolute atomic E-state index is 0.779. The minimum Gasteiger partial charge on any atom is -0.497 e. The van der Waals surface area contributed by atoms with E-state index >= 15 is 0 Å². The Morgan fingerprint density at radius 2 is 1.65 bits per heavy atom. The number of benzene rings is 1. The molecule has 0 fully saturated rings. The smallest absolute Gasteiger partial charge is 0.133 e. The van der Waals surface area contributed by atoms with Crippen molar-refractivity contribution in [3.8, 4) is 11.5 Å². The van der Waals surface area contributed by atoms with Gasteiger partial charge in [0.05, 0.1) is 18.2 Å². The SMILES string of the molecule is COc1ccc(OCCCCCCCCCS)c(Br)c1. The molecule has 0 unspecified atom stereocenters. The lowest BCUT2D eigenvalue weighted by Crippen LogP contribution is -1.98. The van der Waals surface area contributed by atoms with Crippen LogP contribution in [0.1, 0.15) is 44.9 Å². The standard InChI is InChI=1S/C16H25BrO2S/c1-18-14-9-10-16(15(17)13-14)19-11-7-5-3-2-4-6-8-12-20/h9-10,13,20H,2-8,11-12H2,1H3. The van der Waals surface area contributed by atoms with Crippen LogP contribution in [0.4, 0.5) is 0 Å². The number of hydrogen-bond acceptors (Lipinski definition) is 3. The molecule has 0 saturated heterocycles. The van der Waals surface area contributed by atoms with E-state index < -0.39 is 0 Å². The van der Waals surface area contributed by atoms with E-state index in [2.05, 4.69) is 28.6 Å². The van der Waals surface area contributed by atoms with E-state index in [4.69, 9.17) is 9.47 Å². The Labute approximate surface area is 136 Å². The van der Waals surface area contributed by atoms with Gasteiger partial charge >= 0.3 is 0 Å². The van der Waals surface area contributed by atoms with Crippen molar-refractivity contribution < 1.29 is 9.47 Å². The van der Waals surface area contributed by atoms with Crippen LogP contribution >= 0.6 is 28.6 Å². The number of thiol groups is 1. The summed E-state index contributed by atoms with van der Waals surface area (Å²) in [6.45, 7) is 0.779. The van der Waals surface area contributed by atoms with Crippen molar-refractivity contribution >= 4 is 28.6 Å². The number of halogens is 1. The maximum Gasteiger partial charge on any atom is 0.133 e. The van der Waals surface area contributed by atoms with Crippen molar-refractivity contribution in [2.24, 2.45) is 0 Å². The molecule has 1 aromatic carbocycles. The summed E-state index contributed by atoms with van der Waals surface area (Å²) in [5.41, 5.74) is 0. The summed E-state index contributed by atoms with van der Waals surface area (Å²) in [6, 6.07) is 5.79. The summed E-state index contributed by atoms with van der Waals surface area (Å²) in [6.07, 6.45) is 8.90. The first-order valence-corrected chi connectivity index (χ1v) is 8.77. The average molecular weight is 361 g/mol. The first kappa shape index (κ1) is 17.7. The Hall–Kier alpha value is -0.350. The van der Waals surface area contributed by atoms with E-state index in [1.165, 1.54) is 38.5 Å². The van der Waals surface area contributed by atoms with E-state index in [9.17, 15) is 0 Å². The highest BCUT2D eigenvalue weighted by Gasteiger charge is 2.02. The van der Waals surface area contributed by atoms with Gasteiger partial charge in [-0.1, -0.05) is 32.1 Å². The highest BCUT2D eigenvalue weighted by molar-refractivity contribution is 9.10. The van der Waals surface area contributed by atoms with Crippen LogP contribution in [0.5, 0.6) is 11.5 Å². The third kappa shape index (κ3) is 7.44. The molecule has 4 heteroatoms. The molecule has 0 aliphatic rings. The summed E-state index contributed by atoms with van der Waals surface area (Å²) in [5, 5.41) is 0. The van der Waals surface area contributed by atoms with Crippen LogP contribution in [-0.4, -0.2) is 19.5 Å². The van der Waals surface area contributed by atoms with Gasteiger partial charge in [-0.25, -0.2) is 0 Å². The summed E-state index contributed by atoms with van der Waals surface area (Å²) in [4.78, 5) is 0. The van der Waals surface area contributed by atoms with E-state index in [-0.39, 0.29) is 0 Å². The second-order valence-corrected chi connectivity index (χ2v) is 6.14. The molecule has 20 heavy (non-hydrogen) atoms. The van der Waals surface area contributed by atoms with Crippen molar-refractivity contribution in [1.82, 2.24) is 0 Å². The zero-order valence-corrected chi connectivity index (χ0v) is 14.7. The van der Waals surface area contributed by atoms with Crippen LogP contribution in [0.3, 0.4) is 0 Å². The van der Waals surface area contributed by atoms with Crippen molar-refractivity contribution in [2.75, 3.05) is 19.5 Å². The molecule has 0 saturated carbocycles. The first-order chi connectivity index (χ1) is 9.77. The summed E-state index contributed by atoms with van der Waals surface area (Å²) in [7, 11) is 1.67. The Kier molecular flexibility index (Phi) is 10.0. The monoisotopic (exact) mass is 360 g/mol. The maximum absolute atomic E-state index is 5.77. The Morgan fingerprint density at radius 3 is 2.25 bits per heavy atom. The van der Waals surface area contributed by atoms with Gasteiger partial charge in [0.2, 0.25) is 0 Å². The van der Waals surface area contributed by atoms with E-state index in [1.807, 2.05) is 18.2 Å². The zero-order valence-electron chi connectivity index (χ0n) is 12.2. The molecule has 114 valence electrons. The van der Waals surface area contributed by atoms with Crippen molar-refractivity contribution in [2.45, 2.75) is 44.9 Å². The zero-order chi connectivity index (χ0) is 14.6. The van der Waals surface area contributed by atoms with Gasteiger partial charge in [0, 0.05) is 0 Å². The van der Waals surface area contributed by atoms with Crippen LogP contribution in [-0.2, 0) is 0 Å². The molecule has 0 amide bonds. The number of methoxy groups -OCH3 is 1. The molecule has 0 spiro atoms. The van der Waals surface area contributed by atoms with E-state index in [0.29, 0.717) is 0 Å². The first-order valence-electron chi connectivity index (χ1n) is 7.35. The summed E-state index contributed by atoms with van der Waals surface area (Å²) in [5.74, 6) is 2.75. The van der Waals surface area contributed by atoms with Crippen molar-refractivity contribution in [3.05, 3.63) is 22.7 Å². The summed E-state index contributed by atoms with van der Waals surface area (Å²) >= 11 is 7.71. The highest BCUT2D eigenvalue weighted by Crippen LogP contribution is 2.29. The molecule has 0 aliphatic heterocycles. The van der Waals surface area contributed by atoms with Gasteiger partial charge in [0.25, 0.3) is 0 Å². The molecule has 0 aliphatic carbocycles. The molecule has 0 radical (unpaired) electrons. The molecular formula is C16H25BrO2S. The average Bonchev–Trinajstić information content (AvgIpc) is 2.47. The fourth-order valence-electron chi connectivity index (χ4n) is 2.01. The van der Waals surface area contributed by atoms with E-state index in [0.717, 1.165) is 34.8 Å². The lowest BCUT2D eigenvalue weighted by Gasteiger charge is -2.09. The Morgan fingerprint density at radius 1 is 1.00 bits per heavy atom. The number of ether oxygens (including phenoxy) is 2. The van der Waals surface area contributed by atoms with Gasteiger partial charge in [0.1, 0.15) is 11.5 Å². The third-order valence-corrected chi connectivity index (χ3v) is 4.13. The topological polar surface area (TPSA) is 18.5 Å². The predicted molar refractivity (Wildman–Crippen MR) is 92.4 cm³/mol. The summed E-state index contributed by atoms with van der Waals surface area (Å²) < 4.78 is 11.9.